The average Bonchev–Trinajstić information content (AvgIpc) is 2.98. The molecule has 3 rings (SSSR count). The van der Waals surface area contributed by atoms with Crippen LogP contribution in [0.2, 0.25) is 10.0 Å². The van der Waals surface area contributed by atoms with E-state index in [1.54, 1.807) is 24.3 Å². The number of pyridine rings is 1. The van der Waals surface area contributed by atoms with Crippen LogP contribution >= 0.6 is 23.2 Å². The van der Waals surface area contributed by atoms with Gasteiger partial charge < -0.3 is 10.1 Å². The summed E-state index contributed by atoms with van der Waals surface area (Å²) in [5, 5.41) is 22.9. The van der Waals surface area contributed by atoms with Crippen molar-refractivity contribution in [1.82, 2.24) is 25.2 Å². The van der Waals surface area contributed by atoms with E-state index in [2.05, 4.69) is 20.5 Å². The zero-order chi connectivity index (χ0) is 16.4. The third-order valence-electron chi connectivity index (χ3n) is 3.05. The predicted octanol–water partition coefficient (Wildman–Crippen LogP) is 3.00. The van der Waals surface area contributed by atoms with Gasteiger partial charge in [-0.25, -0.2) is 4.68 Å². The van der Waals surface area contributed by atoms with Gasteiger partial charge >= 0.3 is 5.82 Å². The van der Waals surface area contributed by atoms with E-state index < -0.39 is 4.92 Å². The lowest BCUT2D eigenvalue weighted by molar-refractivity contribution is -0.389. The highest BCUT2D eigenvalue weighted by molar-refractivity contribution is 6.43. The van der Waals surface area contributed by atoms with Crippen LogP contribution in [0.4, 0.5) is 5.82 Å². The Balaban J connectivity index is 1.92. The van der Waals surface area contributed by atoms with Crippen LogP contribution in [0, 0.1) is 10.1 Å². The Morgan fingerprint density at radius 1 is 1.22 bits per heavy atom. The summed E-state index contributed by atoms with van der Waals surface area (Å²) >= 11 is 12.2. The van der Waals surface area contributed by atoms with Gasteiger partial charge in [-0.1, -0.05) is 29.3 Å². The number of aromatic nitrogens is 5. The number of halogens is 2. The van der Waals surface area contributed by atoms with E-state index in [0.29, 0.717) is 27.0 Å². The highest BCUT2D eigenvalue weighted by Crippen LogP contribution is 2.32. The molecule has 0 atom stereocenters. The standard InChI is InChI=1S/C13H8Cl2N6O2/c14-10-3-1-2-9(12(10)15)13-17-18-19-20(13)7-8-4-5-11(16-6-8)21(22)23/h1-6H,7H2. The van der Waals surface area contributed by atoms with Crippen LogP contribution in [0.1, 0.15) is 5.56 Å². The van der Waals surface area contributed by atoms with Gasteiger partial charge in [0.05, 0.1) is 16.6 Å². The summed E-state index contributed by atoms with van der Waals surface area (Å²) in [6, 6.07) is 8.09. The molecule has 0 aliphatic carbocycles. The maximum Gasteiger partial charge on any atom is 0.363 e. The number of hydrogen-bond donors (Lipinski definition) is 0. The highest BCUT2D eigenvalue weighted by atomic mass is 35.5. The number of nitro groups is 1. The van der Waals surface area contributed by atoms with Crippen molar-refractivity contribution in [2.75, 3.05) is 0 Å². The lowest BCUT2D eigenvalue weighted by Crippen LogP contribution is -2.05. The lowest BCUT2D eigenvalue weighted by atomic mass is 10.2. The van der Waals surface area contributed by atoms with E-state index in [1.807, 2.05) is 0 Å². The maximum atomic E-state index is 10.6. The molecule has 0 aliphatic heterocycles. The van der Waals surface area contributed by atoms with Crippen LogP contribution in [-0.4, -0.2) is 30.1 Å². The van der Waals surface area contributed by atoms with E-state index in [1.165, 1.54) is 16.9 Å². The molecule has 8 nitrogen and oxygen atoms in total. The summed E-state index contributed by atoms with van der Waals surface area (Å²) in [5.41, 5.74) is 1.31. The van der Waals surface area contributed by atoms with Crippen molar-refractivity contribution in [3.05, 3.63) is 62.3 Å². The van der Waals surface area contributed by atoms with Gasteiger partial charge in [-0.3, -0.25) is 0 Å². The molecule has 0 unspecified atom stereocenters. The fourth-order valence-corrected chi connectivity index (χ4v) is 2.36. The number of rotatable bonds is 4. The van der Waals surface area contributed by atoms with Crippen molar-refractivity contribution in [2.45, 2.75) is 6.54 Å². The minimum atomic E-state index is -0.558. The summed E-state index contributed by atoms with van der Waals surface area (Å²) < 4.78 is 1.51. The number of nitrogens with zero attached hydrogens (tertiary/aromatic N) is 6. The van der Waals surface area contributed by atoms with Gasteiger partial charge in [-0.2, -0.15) is 0 Å². The Kier molecular flexibility index (Phi) is 4.18. The third kappa shape index (κ3) is 3.13. The first-order valence-corrected chi connectivity index (χ1v) is 7.11. The minimum absolute atomic E-state index is 0.219. The smallest absolute Gasteiger partial charge is 0.358 e. The van der Waals surface area contributed by atoms with E-state index in [9.17, 15) is 10.1 Å². The zero-order valence-corrected chi connectivity index (χ0v) is 12.9. The van der Waals surface area contributed by atoms with Crippen LogP contribution in [-0.2, 0) is 6.54 Å². The molecule has 2 heterocycles. The molecular weight excluding hydrogens is 343 g/mol. The Hall–Kier alpha value is -2.58. The molecule has 0 saturated heterocycles. The Labute approximate surface area is 139 Å². The van der Waals surface area contributed by atoms with E-state index in [-0.39, 0.29) is 12.4 Å². The summed E-state index contributed by atoms with van der Waals surface area (Å²) in [6.07, 6.45) is 1.41. The van der Waals surface area contributed by atoms with Crippen molar-refractivity contribution in [1.29, 1.82) is 0 Å². The maximum absolute atomic E-state index is 10.6. The van der Waals surface area contributed by atoms with Crippen LogP contribution in [0.5, 0.6) is 0 Å². The summed E-state index contributed by atoms with van der Waals surface area (Å²) in [4.78, 5) is 13.8. The van der Waals surface area contributed by atoms with Crippen LogP contribution in [0.25, 0.3) is 11.4 Å². The number of benzene rings is 1. The first-order valence-electron chi connectivity index (χ1n) is 6.36. The Morgan fingerprint density at radius 3 is 2.74 bits per heavy atom. The lowest BCUT2D eigenvalue weighted by Gasteiger charge is -2.06. The van der Waals surface area contributed by atoms with Gasteiger partial charge in [-0.05, 0) is 38.5 Å². The summed E-state index contributed by atoms with van der Waals surface area (Å²) in [7, 11) is 0. The second-order valence-electron chi connectivity index (χ2n) is 4.54. The molecule has 0 N–H and O–H groups in total. The van der Waals surface area contributed by atoms with E-state index >= 15 is 0 Å². The molecule has 1 aromatic carbocycles. The molecule has 0 aliphatic rings. The van der Waals surface area contributed by atoms with Crippen molar-refractivity contribution in [3.63, 3.8) is 0 Å². The fourth-order valence-electron chi connectivity index (χ4n) is 1.97. The molecule has 0 bridgehead atoms. The van der Waals surface area contributed by atoms with Crippen molar-refractivity contribution < 1.29 is 4.92 Å². The number of hydrogen-bond acceptors (Lipinski definition) is 6. The molecule has 0 saturated carbocycles. The third-order valence-corrected chi connectivity index (χ3v) is 3.87. The van der Waals surface area contributed by atoms with Gasteiger partial charge in [0.25, 0.3) is 0 Å². The fraction of sp³-hybridized carbons (Fsp3) is 0.0769. The average molecular weight is 351 g/mol. The largest absolute Gasteiger partial charge is 0.363 e. The molecule has 2 aromatic heterocycles. The monoisotopic (exact) mass is 350 g/mol. The van der Waals surface area contributed by atoms with E-state index in [4.69, 9.17) is 23.2 Å². The molecule has 0 amide bonds. The van der Waals surface area contributed by atoms with Crippen LogP contribution < -0.4 is 0 Å². The molecule has 10 heteroatoms. The Bertz CT molecular complexity index is 865. The predicted molar refractivity (Wildman–Crippen MR) is 83.3 cm³/mol. The molecular formula is C13H8Cl2N6O2. The van der Waals surface area contributed by atoms with Crippen LogP contribution in [0.3, 0.4) is 0 Å². The zero-order valence-electron chi connectivity index (χ0n) is 11.4. The van der Waals surface area contributed by atoms with Gasteiger partial charge in [0.1, 0.15) is 6.20 Å². The second kappa shape index (κ2) is 6.27. The summed E-state index contributed by atoms with van der Waals surface area (Å²) in [5.74, 6) is 0.222. The topological polar surface area (TPSA) is 99.6 Å². The van der Waals surface area contributed by atoms with Gasteiger partial charge in [0.2, 0.25) is 0 Å². The normalized spacial score (nSPS) is 10.7. The van der Waals surface area contributed by atoms with Gasteiger partial charge in [0.15, 0.2) is 5.82 Å². The highest BCUT2D eigenvalue weighted by Gasteiger charge is 2.15. The van der Waals surface area contributed by atoms with Crippen molar-refractivity contribution in [3.8, 4) is 11.4 Å². The van der Waals surface area contributed by atoms with Crippen molar-refractivity contribution >= 4 is 29.0 Å². The molecule has 23 heavy (non-hydrogen) atoms. The molecule has 3 aromatic rings. The van der Waals surface area contributed by atoms with Gasteiger partial charge in [0, 0.05) is 17.2 Å². The van der Waals surface area contributed by atoms with Crippen molar-refractivity contribution in [2.24, 2.45) is 0 Å². The van der Waals surface area contributed by atoms with Crippen LogP contribution in [0.15, 0.2) is 36.5 Å². The minimum Gasteiger partial charge on any atom is -0.358 e. The SMILES string of the molecule is O=[N+]([O-])c1ccc(Cn2nnnc2-c2cccc(Cl)c2Cl)cn1. The molecule has 0 fully saturated rings. The number of tetrazole rings is 1. The molecule has 116 valence electrons. The van der Waals surface area contributed by atoms with Gasteiger partial charge in [-0.15, -0.1) is 5.10 Å². The quantitative estimate of drug-likeness (QED) is 0.529. The second-order valence-corrected chi connectivity index (χ2v) is 5.33. The van der Waals surface area contributed by atoms with E-state index in [0.717, 1.165) is 0 Å². The molecule has 0 spiro atoms. The first-order chi connectivity index (χ1) is 11.1. The Morgan fingerprint density at radius 2 is 2.04 bits per heavy atom. The molecule has 0 radical (unpaired) electrons. The summed E-state index contributed by atoms with van der Waals surface area (Å²) in [6.45, 7) is 0.288. The first kappa shape index (κ1) is 15.3.